The summed E-state index contributed by atoms with van der Waals surface area (Å²) in [7, 11) is 0. The third kappa shape index (κ3) is 2.09. The standard InChI is InChI=1S/C14H18N2O4/c17-12(15-14(13(18)19)7-4-8-14)11-9-5-2-1-3-6-10(9)20-16-11/h1-8H2,(H,15,17)(H,18,19). The monoisotopic (exact) mass is 278 g/mol. The maximum Gasteiger partial charge on any atom is 0.329 e. The summed E-state index contributed by atoms with van der Waals surface area (Å²) in [4.78, 5) is 23.6. The zero-order chi connectivity index (χ0) is 14.2. The summed E-state index contributed by atoms with van der Waals surface area (Å²) >= 11 is 0. The maximum absolute atomic E-state index is 12.3. The van der Waals surface area contributed by atoms with Crippen molar-refractivity contribution in [1.29, 1.82) is 0 Å². The zero-order valence-corrected chi connectivity index (χ0v) is 11.3. The fraction of sp³-hybridized carbons (Fsp3) is 0.643. The summed E-state index contributed by atoms with van der Waals surface area (Å²) in [5.41, 5.74) is 0.0301. The van der Waals surface area contributed by atoms with Gasteiger partial charge in [-0.05, 0) is 38.5 Å². The van der Waals surface area contributed by atoms with Crippen molar-refractivity contribution >= 4 is 11.9 Å². The van der Waals surface area contributed by atoms with Crippen LogP contribution in [-0.2, 0) is 17.6 Å². The number of aliphatic carboxylic acids is 1. The van der Waals surface area contributed by atoms with Gasteiger partial charge in [-0.1, -0.05) is 11.6 Å². The number of hydrogen-bond acceptors (Lipinski definition) is 4. The van der Waals surface area contributed by atoms with E-state index in [0.29, 0.717) is 12.8 Å². The molecule has 2 aliphatic rings. The molecule has 108 valence electrons. The molecule has 1 saturated carbocycles. The molecule has 2 aliphatic carbocycles. The van der Waals surface area contributed by atoms with Gasteiger partial charge in [0.25, 0.3) is 5.91 Å². The summed E-state index contributed by atoms with van der Waals surface area (Å²) in [5, 5.41) is 15.8. The van der Waals surface area contributed by atoms with Gasteiger partial charge in [-0.25, -0.2) is 4.79 Å². The summed E-state index contributed by atoms with van der Waals surface area (Å²) in [6.07, 6.45) is 6.54. The molecule has 0 saturated heterocycles. The van der Waals surface area contributed by atoms with Crippen molar-refractivity contribution in [1.82, 2.24) is 10.5 Å². The van der Waals surface area contributed by atoms with Gasteiger partial charge < -0.3 is 14.9 Å². The van der Waals surface area contributed by atoms with Crippen LogP contribution in [0.3, 0.4) is 0 Å². The highest BCUT2D eigenvalue weighted by Crippen LogP contribution is 2.33. The predicted octanol–water partition coefficient (Wildman–Crippen LogP) is 1.68. The van der Waals surface area contributed by atoms with Crippen LogP contribution in [0, 0.1) is 0 Å². The Morgan fingerprint density at radius 2 is 1.90 bits per heavy atom. The van der Waals surface area contributed by atoms with E-state index < -0.39 is 17.4 Å². The quantitative estimate of drug-likeness (QED) is 0.821. The normalized spacial score (nSPS) is 20.4. The van der Waals surface area contributed by atoms with Gasteiger partial charge in [-0.3, -0.25) is 4.79 Å². The Kier molecular flexibility index (Phi) is 3.23. The molecular formula is C14H18N2O4. The number of fused-ring (bicyclic) bond motifs is 1. The molecular weight excluding hydrogens is 260 g/mol. The van der Waals surface area contributed by atoms with Gasteiger partial charge in [0.2, 0.25) is 0 Å². The number of carboxylic acids is 1. The maximum atomic E-state index is 12.3. The predicted molar refractivity (Wildman–Crippen MR) is 69.4 cm³/mol. The summed E-state index contributed by atoms with van der Waals surface area (Å²) in [5.74, 6) is -0.601. The molecule has 0 aliphatic heterocycles. The number of rotatable bonds is 3. The number of carbonyl (C=O) groups excluding carboxylic acids is 1. The van der Waals surface area contributed by atoms with Gasteiger partial charge in [0.1, 0.15) is 11.3 Å². The van der Waals surface area contributed by atoms with Crippen molar-refractivity contribution in [3.05, 3.63) is 17.0 Å². The highest BCUT2D eigenvalue weighted by molar-refractivity contribution is 5.97. The minimum atomic E-state index is -1.10. The van der Waals surface area contributed by atoms with E-state index in [2.05, 4.69) is 10.5 Å². The fourth-order valence-electron chi connectivity index (χ4n) is 2.94. The third-order valence-corrected chi connectivity index (χ3v) is 4.38. The minimum Gasteiger partial charge on any atom is -0.480 e. The Morgan fingerprint density at radius 3 is 2.55 bits per heavy atom. The lowest BCUT2D eigenvalue weighted by Crippen LogP contribution is -2.59. The van der Waals surface area contributed by atoms with Crippen LogP contribution in [-0.4, -0.2) is 27.7 Å². The molecule has 1 aromatic heterocycles. The van der Waals surface area contributed by atoms with E-state index in [0.717, 1.165) is 49.8 Å². The first-order chi connectivity index (χ1) is 9.62. The second-order valence-electron chi connectivity index (χ2n) is 5.69. The van der Waals surface area contributed by atoms with E-state index in [-0.39, 0.29) is 5.69 Å². The van der Waals surface area contributed by atoms with Crippen LogP contribution >= 0.6 is 0 Å². The lowest BCUT2D eigenvalue weighted by Gasteiger charge is -2.37. The number of hydrogen-bond donors (Lipinski definition) is 2. The number of carboxylic acid groups (broad SMARTS) is 1. The number of nitrogens with one attached hydrogen (secondary N) is 1. The molecule has 2 N–H and O–H groups in total. The number of nitrogens with zero attached hydrogens (tertiary/aromatic N) is 1. The molecule has 3 rings (SSSR count). The molecule has 0 spiro atoms. The molecule has 6 nitrogen and oxygen atoms in total. The van der Waals surface area contributed by atoms with Gasteiger partial charge in [-0.15, -0.1) is 0 Å². The largest absolute Gasteiger partial charge is 0.480 e. The number of carbonyl (C=O) groups is 2. The van der Waals surface area contributed by atoms with E-state index >= 15 is 0 Å². The average molecular weight is 278 g/mol. The molecule has 0 aromatic carbocycles. The van der Waals surface area contributed by atoms with Crippen molar-refractivity contribution in [3.8, 4) is 0 Å². The van der Waals surface area contributed by atoms with Crippen LogP contribution in [0.1, 0.15) is 60.3 Å². The Labute approximate surface area is 116 Å². The van der Waals surface area contributed by atoms with E-state index in [9.17, 15) is 14.7 Å². The van der Waals surface area contributed by atoms with Crippen LogP contribution in [0.15, 0.2) is 4.52 Å². The second-order valence-corrected chi connectivity index (χ2v) is 5.69. The number of aryl methyl sites for hydroxylation is 1. The topological polar surface area (TPSA) is 92.4 Å². The summed E-state index contributed by atoms with van der Waals surface area (Å²) < 4.78 is 5.26. The molecule has 0 bridgehead atoms. The second kappa shape index (κ2) is 4.92. The zero-order valence-electron chi connectivity index (χ0n) is 11.3. The summed E-state index contributed by atoms with van der Waals surface area (Å²) in [6.45, 7) is 0. The first kappa shape index (κ1) is 13.1. The number of amides is 1. The van der Waals surface area contributed by atoms with Crippen LogP contribution in [0.5, 0.6) is 0 Å². The van der Waals surface area contributed by atoms with Crippen LogP contribution < -0.4 is 5.32 Å². The first-order valence-corrected chi connectivity index (χ1v) is 7.16. The molecule has 0 atom stereocenters. The molecule has 0 unspecified atom stereocenters. The molecule has 20 heavy (non-hydrogen) atoms. The smallest absolute Gasteiger partial charge is 0.329 e. The van der Waals surface area contributed by atoms with Gasteiger partial charge in [0, 0.05) is 12.0 Å². The Morgan fingerprint density at radius 1 is 1.15 bits per heavy atom. The molecule has 1 amide bonds. The van der Waals surface area contributed by atoms with Crippen molar-refractivity contribution in [2.24, 2.45) is 0 Å². The number of aromatic nitrogens is 1. The van der Waals surface area contributed by atoms with E-state index in [1.54, 1.807) is 0 Å². The molecule has 0 radical (unpaired) electrons. The van der Waals surface area contributed by atoms with Crippen LogP contribution in [0.2, 0.25) is 0 Å². The Hall–Kier alpha value is -1.85. The highest BCUT2D eigenvalue weighted by atomic mass is 16.5. The van der Waals surface area contributed by atoms with Crippen molar-refractivity contribution in [2.75, 3.05) is 0 Å². The Balaban J connectivity index is 1.81. The van der Waals surface area contributed by atoms with E-state index in [1.807, 2.05) is 0 Å². The SMILES string of the molecule is O=C(NC1(C(=O)O)CCC1)c1noc2c1CCCCC2. The van der Waals surface area contributed by atoms with Crippen molar-refractivity contribution in [3.63, 3.8) is 0 Å². The average Bonchev–Trinajstić information content (AvgIpc) is 2.62. The third-order valence-electron chi connectivity index (χ3n) is 4.38. The van der Waals surface area contributed by atoms with Crippen molar-refractivity contribution < 1.29 is 19.2 Å². The highest BCUT2D eigenvalue weighted by Gasteiger charge is 2.46. The lowest BCUT2D eigenvalue weighted by atomic mass is 9.76. The van der Waals surface area contributed by atoms with E-state index in [1.165, 1.54) is 0 Å². The van der Waals surface area contributed by atoms with E-state index in [4.69, 9.17) is 4.52 Å². The lowest BCUT2D eigenvalue weighted by molar-refractivity contribution is -0.148. The van der Waals surface area contributed by atoms with Crippen LogP contribution in [0.4, 0.5) is 0 Å². The molecule has 1 aromatic rings. The van der Waals surface area contributed by atoms with Crippen molar-refractivity contribution in [2.45, 2.75) is 56.9 Å². The summed E-state index contributed by atoms with van der Waals surface area (Å²) in [6, 6.07) is 0. The first-order valence-electron chi connectivity index (χ1n) is 7.16. The van der Waals surface area contributed by atoms with Gasteiger partial charge >= 0.3 is 5.97 Å². The molecule has 6 heteroatoms. The Bertz CT molecular complexity index is 545. The van der Waals surface area contributed by atoms with Gasteiger partial charge in [0.05, 0.1) is 0 Å². The molecule has 1 fully saturated rings. The van der Waals surface area contributed by atoms with Crippen LogP contribution in [0.25, 0.3) is 0 Å². The minimum absolute atomic E-state index is 0.273. The van der Waals surface area contributed by atoms with Gasteiger partial charge in [-0.2, -0.15) is 0 Å². The fourth-order valence-corrected chi connectivity index (χ4v) is 2.94. The van der Waals surface area contributed by atoms with Gasteiger partial charge in [0.15, 0.2) is 5.69 Å². The molecule has 1 heterocycles.